The number of aryl methyl sites for hydroxylation is 1. The summed E-state index contributed by atoms with van der Waals surface area (Å²) in [4.78, 5) is 3.94. The Balaban J connectivity index is 1.95. The second-order valence-corrected chi connectivity index (χ2v) is 7.10. The highest BCUT2D eigenvalue weighted by molar-refractivity contribution is 7.89. The summed E-state index contributed by atoms with van der Waals surface area (Å²) in [7, 11) is -2.38. The van der Waals surface area contributed by atoms with Crippen LogP contribution in [-0.2, 0) is 23.1 Å². The topological polar surface area (TPSA) is 112 Å². The zero-order valence-electron chi connectivity index (χ0n) is 14.3. The Morgan fingerprint density at radius 3 is 2.65 bits per heavy atom. The predicted molar refractivity (Wildman–Crippen MR) is 93.7 cm³/mol. The summed E-state index contributed by atoms with van der Waals surface area (Å²) in [6.07, 6.45) is 3.21. The fraction of sp³-hybridized carbons (Fsp3) is 0.250. The number of pyridine rings is 1. The van der Waals surface area contributed by atoms with E-state index in [1.165, 1.54) is 13.2 Å². The minimum absolute atomic E-state index is 0.0252. The molecule has 0 unspecified atom stereocenters. The molecule has 0 saturated carbocycles. The second kappa shape index (κ2) is 7.58. The number of aromatic nitrogens is 5. The van der Waals surface area contributed by atoms with E-state index in [4.69, 9.17) is 4.74 Å². The van der Waals surface area contributed by atoms with Gasteiger partial charge in [0.05, 0.1) is 7.11 Å². The van der Waals surface area contributed by atoms with E-state index in [9.17, 15) is 8.42 Å². The predicted octanol–water partition coefficient (Wildman–Crippen LogP) is 1.24. The molecule has 3 rings (SSSR count). The molecule has 136 valence electrons. The summed E-state index contributed by atoms with van der Waals surface area (Å²) < 4.78 is 35.0. The first-order valence-corrected chi connectivity index (χ1v) is 9.36. The van der Waals surface area contributed by atoms with E-state index in [1.54, 1.807) is 41.3 Å². The number of rotatable bonds is 7. The summed E-state index contributed by atoms with van der Waals surface area (Å²) in [6, 6.07) is 8.30. The third kappa shape index (κ3) is 3.70. The first-order chi connectivity index (χ1) is 12.5. The Bertz CT molecular complexity index is 988. The molecule has 0 radical (unpaired) electrons. The fourth-order valence-electron chi connectivity index (χ4n) is 2.41. The van der Waals surface area contributed by atoms with E-state index in [1.807, 2.05) is 6.92 Å². The number of nitrogens with one attached hydrogen (secondary N) is 1. The first kappa shape index (κ1) is 18.0. The standard InChI is InChI=1S/C16H18N6O3S/c1-3-22-16(19-20-21-22)13-4-5-14(25-2)15(10-13)26(23,24)18-11-12-6-8-17-9-7-12/h4-10,18H,3,11H2,1-2H3. The quantitative estimate of drug-likeness (QED) is 0.662. The van der Waals surface area contributed by atoms with Crippen molar-refractivity contribution < 1.29 is 13.2 Å². The van der Waals surface area contributed by atoms with Crippen molar-refractivity contribution in [2.45, 2.75) is 24.9 Å². The minimum Gasteiger partial charge on any atom is -0.495 e. The van der Waals surface area contributed by atoms with Gasteiger partial charge in [-0.3, -0.25) is 4.98 Å². The van der Waals surface area contributed by atoms with Gasteiger partial charge in [-0.1, -0.05) is 0 Å². The zero-order chi connectivity index (χ0) is 18.6. The van der Waals surface area contributed by atoms with Crippen LogP contribution in [0.3, 0.4) is 0 Å². The van der Waals surface area contributed by atoms with E-state index >= 15 is 0 Å². The normalized spacial score (nSPS) is 11.5. The van der Waals surface area contributed by atoms with Gasteiger partial charge in [-0.25, -0.2) is 17.8 Å². The summed E-state index contributed by atoms with van der Waals surface area (Å²) in [5.74, 6) is 0.729. The Morgan fingerprint density at radius 2 is 1.96 bits per heavy atom. The van der Waals surface area contributed by atoms with Gasteiger partial charge in [-0.05, 0) is 53.2 Å². The smallest absolute Gasteiger partial charge is 0.244 e. The Labute approximate surface area is 151 Å². The van der Waals surface area contributed by atoms with Crippen LogP contribution in [0.15, 0.2) is 47.6 Å². The lowest BCUT2D eigenvalue weighted by Crippen LogP contribution is -2.24. The number of hydrogen-bond acceptors (Lipinski definition) is 7. The third-order valence-corrected chi connectivity index (χ3v) is 5.18. The van der Waals surface area contributed by atoms with Gasteiger partial charge in [0.2, 0.25) is 10.0 Å². The summed E-state index contributed by atoms with van der Waals surface area (Å²) in [5, 5.41) is 11.5. The van der Waals surface area contributed by atoms with Crippen molar-refractivity contribution in [1.82, 2.24) is 29.9 Å². The Hall–Kier alpha value is -2.85. The van der Waals surface area contributed by atoms with E-state index in [0.717, 1.165) is 5.56 Å². The van der Waals surface area contributed by atoms with Gasteiger partial charge in [0.15, 0.2) is 5.82 Å². The molecule has 2 heterocycles. The fourth-order valence-corrected chi connectivity index (χ4v) is 3.62. The van der Waals surface area contributed by atoms with Crippen LogP contribution in [0.2, 0.25) is 0 Å². The number of methoxy groups -OCH3 is 1. The molecular formula is C16H18N6O3S. The summed E-state index contributed by atoms with van der Waals surface area (Å²) >= 11 is 0. The van der Waals surface area contributed by atoms with Crippen LogP contribution >= 0.6 is 0 Å². The number of nitrogens with zero attached hydrogens (tertiary/aromatic N) is 5. The third-order valence-electron chi connectivity index (χ3n) is 3.76. The molecule has 9 nitrogen and oxygen atoms in total. The molecule has 1 aromatic carbocycles. The zero-order valence-corrected chi connectivity index (χ0v) is 15.1. The molecule has 0 fully saturated rings. The first-order valence-electron chi connectivity index (χ1n) is 7.88. The van der Waals surface area contributed by atoms with Crippen LogP contribution in [0.5, 0.6) is 5.75 Å². The van der Waals surface area contributed by atoms with Crippen LogP contribution in [0.25, 0.3) is 11.4 Å². The van der Waals surface area contributed by atoms with Gasteiger partial charge >= 0.3 is 0 Å². The van der Waals surface area contributed by atoms with Crippen molar-refractivity contribution in [1.29, 1.82) is 0 Å². The van der Waals surface area contributed by atoms with E-state index in [-0.39, 0.29) is 17.2 Å². The molecule has 0 saturated heterocycles. The van der Waals surface area contributed by atoms with Gasteiger partial charge in [0.1, 0.15) is 10.6 Å². The molecule has 3 aromatic rings. The molecule has 0 spiro atoms. The largest absolute Gasteiger partial charge is 0.495 e. The highest BCUT2D eigenvalue weighted by atomic mass is 32.2. The monoisotopic (exact) mass is 374 g/mol. The van der Waals surface area contributed by atoms with Crippen molar-refractivity contribution in [2.24, 2.45) is 0 Å². The van der Waals surface area contributed by atoms with E-state index in [2.05, 4.69) is 25.2 Å². The number of tetrazole rings is 1. The van der Waals surface area contributed by atoms with Crippen LogP contribution in [0.1, 0.15) is 12.5 Å². The number of sulfonamides is 1. The molecule has 0 aliphatic carbocycles. The lowest BCUT2D eigenvalue weighted by atomic mass is 10.2. The summed E-state index contributed by atoms with van der Waals surface area (Å²) in [5.41, 5.74) is 1.38. The molecule has 10 heteroatoms. The Kier molecular flexibility index (Phi) is 5.24. The van der Waals surface area contributed by atoms with Crippen molar-refractivity contribution >= 4 is 10.0 Å². The maximum atomic E-state index is 12.8. The van der Waals surface area contributed by atoms with Crippen molar-refractivity contribution in [3.05, 3.63) is 48.3 Å². The second-order valence-electron chi connectivity index (χ2n) is 5.36. The van der Waals surface area contributed by atoms with E-state index in [0.29, 0.717) is 17.9 Å². The average Bonchev–Trinajstić information content (AvgIpc) is 3.15. The highest BCUT2D eigenvalue weighted by Gasteiger charge is 2.21. The molecule has 0 aliphatic heterocycles. The van der Waals surface area contributed by atoms with Crippen molar-refractivity contribution in [3.63, 3.8) is 0 Å². The van der Waals surface area contributed by atoms with Gasteiger partial charge in [-0.15, -0.1) is 5.10 Å². The molecule has 0 bridgehead atoms. The molecule has 1 N–H and O–H groups in total. The van der Waals surface area contributed by atoms with E-state index < -0.39 is 10.0 Å². The van der Waals surface area contributed by atoms with Crippen molar-refractivity contribution in [3.8, 4) is 17.1 Å². The number of ether oxygens (including phenoxy) is 1. The lowest BCUT2D eigenvalue weighted by molar-refractivity contribution is 0.402. The van der Waals surface area contributed by atoms with Gasteiger partial charge in [-0.2, -0.15) is 0 Å². The lowest BCUT2D eigenvalue weighted by Gasteiger charge is -2.12. The van der Waals surface area contributed by atoms with Gasteiger partial charge < -0.3 is 4.74 Å². The average molecular weight is 374 g/mol. The molecule has 0 aliphatic rings. The Morgan fingerprint density at radius 1 is 1.19 bits per heavy atom. The number of hydrogen-bond donors (Lipinski definition) is 1. The highest BCUT2D eigenvalue weighted by Crippen LogP contribution is 2.29. The molecule has 2 aromatic heterocycles. The molecule has 26 heavy (non-hydrogen) atoms. The molecule has 0 atom stereocenters. The SMILES string of the molecule is CCn1nnnc1-c1ccc(OC)c(S(=O)(=O)NCc2ccncc2)c1. The van der Waals surface area contributed by atoms with Crippen LogP contribution in [0, 0.1) is 0 Å². The van der Waals surface area contributed by atoms with Crippen LogP contribution in [-0.4, -0.2) is 40.7 Å². The summed E-state index contributed by atoms with van der Waals surface area (Å²) in [6.45, 7) is 2.61. The minimum atomic E-state index is -3.81. The van der Waals surface area contributed by atoms with Gasteiger partial charge in [0, 0.05) is 31.0 Å². The van der Waals surface area contributed by atoms with Crippen molar-refractivity contribution in [2.75, 3.05) is 7.11 Å². The maximum absolute atomic E-state index is 12.8. The molecular weight excluding hydrogens is 356 g/mol. The van der Waals surface area contributed by atoms with Crippen LogP contribution < -0.4 is 9.46 Å². The molecule has 0 amide bonds. The maximum Gasteiger partial charge on any atom is 0.244 e. The van der Waals surface area contributed by atoms with Crippen LogP contribution in [0.4, 0.5) is 0 Å². The number of benzene rings is 1. The van der Waals surface area contributed by atoms with Gasteiger partial charge in [0.25, 0.3) is 0 Å².